The van der Waals surface area contributed by atoms with Crippen LogP contribution in [0, 0.1) is 0 Å². The van der Waals surface area contributed by atoms with Gasteiger partial charge in [0.1, 0.15) is 39.6 Å². The molecule has 3 fully saturated rings. The van der Waals surface area contributed by atoms with Gasteiger partial charge in [-0.25, -0.2) is 38.3 Å². The molecule has 0 saturated carbocycles. The molecule has 1 unspecified atom stereocenters. The molecular weight excluding hydrogens is 1310 g/mol. The lowest BCUT2D eigenvalue weighted by molar-refractivity contribution is 0.139. The van der Waals surface area contributed by atoms with E-state index in [0.29, 0.717) is 59.7 Å². The maximum absolute atomic E-state index is 11.7. The predicted octanol–water partition coefficient (Wildman–Crippen LogP) is 12.3. The van der Waals surface area contributed by atoms with Crippen molar-refractivity contribution in [3.63, 3.8) is 0 Å². The van der Waals surface area contributed by atoms with E-state index < -0.39 is 20.6 Å². The first-order valence-corrected chi connectivity index (χ1v) is 39.7. The molecule has 0 amide bonds. The van der Waals surface area contributed by atoms with Crippen LogP contribution in [0.1, 0.15) is 124 Å². The van der Waals surface area contributed by atoms with Crippen molar-refractivity contribution in [3.05, 3.63) is 221 Å². The Morgan fingerprint density at radius 2 is 0.824 bits per heavy atom. The van der Waals surface area contributed by atoms with E-state index in [0.717, 1.165) is 184 Å². The van der Waals surface area contributed by atoms with Crippen LogP contribution < -0.4 is 16.0 Å². The largest absolute Gasteiger partial charge is 0.508 e. The second kappa shape index (κ2) is 36.8. The molecule has 7 atom stereocenters. The first-order valence-electron chi connectivity index (χ1n) is 36.2. The number of nitrogens with one attached hydrogen (secondary N) is 3. The Kier molecular flexibility index (Phi) is 27.6. The number of aryl methyl sites for hydroxylation is 7. The molecule has 3 aliphatic rings. The Labute approximate surface area is 607 Å². The van der Waals surface area contributed by atoms with Gasteiger partial charge in [-0.15, -0.1) is 0 Å². The quantitative estimate of drug-likeness (QED) is 0.0330. The van der Waals surface area contributed by atoms with E-state index in [9.17, 15) is 27.9 Å². The third-order valence-corrected chi connectivity index (χ3v) is 21.6. The highest BCUT2D eigenvalue weighted by Crippen LogP contribution is 2.29. The first-order chi connectivity index (χ1) is 49.1. The average molecular weight is 1420 g/mol. The Morgan fingerprint density at radius 1 is 0.451 bits per heavy atom. The van der Waals surface area contributed by atoms with E-state index in [1.165, 1.54) is 34.4 Å². The van der Waals surface area contributed by atoms with Crippen molar-refractivity contribution < 1.29 is 27.9 Å². The van der Waals surface area contributed by atoms with Crippen molar-refractivity contribution in [1.82, 2.24) is 60.6 Å². The minimum absolute atomic E-state index is 0.0413. The van der Waals surface area contributed by atoms with Gasteiger partial charge in [0.15, 0.2) is 9.84 Å². The summed E-state index contributed by atoms with van der Waals surface area (Å²) in [7, 11) is -4.63. The van der Waals surface area contributed by atoms with Crippen molar-refractivity contribution in [3.8, 4) is 51.0 Å². The molecule has 6 heterocycles. The van der Waals surface area contributed by atoms with Crippen molar-refractivity contribution in [2.24, 2.45) is 0 Å². The molecule has 102 heavy (non-hydrogen) atoms. The fourth-order valence-corrected chi connectivity index (χ4v) is 15.0. The molecule has 3 saturated heterocycles. The Bertz CT molecular complexity index is 4370. The van der Waals surface area contributed by atoms with Crippen molar-refractivity contribution in [2.45, 2.75) is 178 Å². The Morgan fingerprint density at radius 3 is 1.19 bits per heavy atom. The number of piperazine rings is 3. The van der Waals surface area contributed by atoms with Crippen LogP contribution in [0.15, 0.2) is 174 Å². The summed E-state index contributed by atoms with van der Waals surface area (Å²) >= 11 is 0. The first kappa shape index (κ1) is 76.5. The fourth-order valence-electron chi connectivity index (χ4n) is 13.6. The zero-order chi connectivity index (χ0) is 72.3. The van der Waals surface area contributed by atoms with Crippen LogP contribution in [0.5, 0.6) is 17.2 Å². The number of benzene rings is 6. The Balaban J connectivity index is 0.000000165. The molecule has 6 N–H and O–H groups in total. The number of hydrogen-bond donors (Lipinski definition) is 6. The summed E-state index contributed by atoms with van der Waals surface area (Å²) < 4.78 is 35.0. The normalized spacial score (nSPS) is 19.3. The van der Waals surface area contributed by atoms with Crippen LogP contribution in [0.25, 0.3) is 33.8 Å². The van der Waals surface area contributed by atoms with Crippen molar-refractivity contribution >= 4 is 20.6 Å². The van der Waals surface area contributed by atoms with E-state index in [2.05, 4.69) is 173 Å². The minimum atomic E-state index is -3.44. The smallest absolute Gasteiger partial charge is 0.179 e. The van der Waals surface area contributed by atoms with E-state index in [1.54, 1.807) is 36.7 Å². The van der Waals surface area contributed by atoms with E-state index in [-0.39, 0.29) is 16.4 Å². The van der Waals surface area contributed by atoms with Gasteiger partial charge >= 0.3 is 0 Å². The fraction of sp³-hybridized carbons (Fsp3) is 0.415. The zero-order valence-electron chi connectivity index (χ0n) is 60.9. The van der Waals surface area contributed by atoms with Crippen molar-refractivity contribution in [1.29, 1.82) is 0 Å². The third-order valence-electron chi connectivity index (χ3n) is 19.5. The number of sulfone groups is 1. The maximum atomic E-state index is 11.7. The van der Waals surface area contributed by atoms with Crippen LogP contribution in [-0.4, -0.2) is 161 Å². The highest BCUT2D eigenvalue weighted by Gasteiger charge is 2.26. The number of rotatable bonds is 24. The molecule has 0 bridgehead atoms. The van der Waals surface area contributed by atoms with Gasteiger partial charge in [-0.3, -0.25) is 18.9 Å². The van der Waals surface area contributed by atoms with E-state index in [1.807, 2.05) is 42.7 Å². The van der Waals surface area contributed by atoms with E-state index >= 15 is 0 Å². The summed E-state index contributed by atoms with van der Waals surface area (Å²) in [5.41, 5.74) is 14.3. The molecule has 3 aromatic heterocycles. The number of hydrogen-bond acceptors (Lipinski definition) is 18. The molecular formula is C82H104N12O6S2. The summed E-state index contributed by atoms with van der Waals surface area (Å²) in [5, 5.41) is 40.6. The van der Waals surface area contributed by atoms with Crippen LogP contribution in [0.3, 0.4) is 0 Å². The molecule has 0 radical (unpaired) electrons. The van der Waals surface area contributed by atoms with Crippen LogP contribution in [0.2, 0.25) is 0 Å². The topological polar surface area (TPSA) is 235 Å². The second-order valence-corrected chi connectivity index (χ2v) is 31.5. The van der Waals surface area contributed by atoms with Crippen molar-refractivity contribution in [2.75, 3.05) is 51.8 Å². The van der Waals surface area contributed by atoms with Gasteiger partial charge < -0.3 is 31.3 Å². The van der Waals surface area contributed by atoms with Gasteiger partial charge in [0.05, 0.1) is 32.8 Å². The summed E-state index contributed by atoms with van der Waals surface area (Å²) in [6.45, 7) is 24.7. The summed E-state index contributed by atoms with van der Waals surface area (Å²) in [6.07, 6.45) is 16.4. The molecule has 12 rings (SSSR count). The number of aromatic nitrogens is 6. The molecule has 3 aliphatic heterocycles. The summed E-state index contributed by atoms with van der Waals surface area (Å²) in [4.78, 5) is 35.9. The number of aromatic hydroxyl groups is 3. The van der Waals surface area contributed by atoms with Gasteiger partial charge in [-0.2, -0.15) is 0 Å². The predicted molar refractivity (Wildman–Crippen MR) is 410 cm³/mol. The third kappa shape index (κ3) is 22.4. The van der Waals surface area contributed by atoms with Gasteiger partial charge in [0.2, 0.25) is 0 Å². The van der Waals surface area contributed by atoms with Gasteiger partial charge in [-0.05, 0) is 192 Å². The highest BCUT2D eigenvalue weighted by atomic mass is 32.2. The monoisotopic (exact) mass is 1420 g/mol. The molecule has 6 aromatic carbocycles. The molecule has 18 nitrogen and oxygen atoms in total. The lowest BCUT2D eigenvalue weighted by atomic mass is 10.0. The lowest BCUT2D eigenvalue weighted by Gasteiger charge is -2.37. The number of nitrogens with zero attached hydrogens (tertiary/aromatic N) is 9. The second-order valence-electron chi connectivity index (χ2n) is 28.1. The minimum Gasteiger partial charge on any atom is -0.508 e. The van der Waals surface area contributed by atoms with Crippen LogP contribution >= 0.6 is 0 Å². The van der Waals surface area contributed by atoms with Gasteiger partial charge in [0, 0.05) is 162 Å². The standard InChI is InChI=1S/C28H36N4O.C27H34N4O3S.C27H34N4O2S/c1-4-24-15-22(11-12-27(24)33)7-6-10-28-29-14-13-26(31-28)25-9-5-8-23(16-25)19-32-18-20(2)30-17-21(32)3;1-19-17-31(20(2)16-29-19)18-22-7-4-8-23(14-22)24-12-13-28-27(30-24)9-5-6-21-10-11-26(25(32)15-21)35(3,33)34;1-19-17-31(20(2)16-29-19)18-22-7-4-8-23(14-22)24-12-13-28-27(30-24)9-5-6-21-10-11-26(34(3)33)25(32)15-21/h5,8-9,11-16,20-21,30,33H,4,6-7,10,17-19H2,1-3H3;4,7-8,10-15,19-20,29,32H,5-6,9,16-18H2,1-3H3;4,7-8,10-15,19-20,29,32H,5-6,9,16-18H2,1-3H3/t20-,21-;19-,20-;19-,20-,34?/m000/s1. The SMILES string of the molecule is CCc1cc(CCCc2nccc(-c3cccc(CN4C[C@H](C)NC[C@@H]4C)c3)n2)ccc1O.C[C@H]1CN(Cc2cccc(-c3ccnc(CCCc4ccc(S(C)(=O)=O)c(O)c4)n3)c2)[C@@H](C)CN1.C[C@H]1CN(Cc2cccc(-c3ccnc(CCCc4ccc(S(C)=O)c(O)c4)n3)c2)[C@@H](C)CN1. The van der Waals surface area contributed by atoms with Gasteiger partial charge in [0.25, 0.3) is 0 Å². The lowest BCUT2D eigenvalue weighted by Crippen LogP contribution is -2.53. The highest BCUT2D eigenvalue weighted by molar-refractivity contribution is 7.90. The zero-order valence-corrected chi connectivity index (χ0v) is 62.5. The molecule has 9 aromatic rings. The average Bonchev–Trinajstić information content (AvgIpc) is 0.856. The Hall–Kier alpha value is -8.18. The summed E-state index contributed by atoms with van der Waals surface area (Å²) in [6, 6.07) is 51.1. The molecule has 20 heteroatoms. The van der Waals surface area contributed by atoms with Gasteiger partial charge in [-0.1, -0.05) is 85.8 Å². The summed E-state index contributed by atoms with van der Waals surface area (Å²) in [5.74, 6) is 2.77. The van der Waals surface area contributed by atoms with E-state index in [4.69, 9.17) is 15.0 Å². The maximum Gasteiger partial charge on any atom is 0.179 e. The number of phenols is 3. The van der Waals surface area contributed by atoms with Crippen LogP contribution in [-0.2, 0) is 85.2 Å². The molecule has 0 aliphatic carbocycles. The number of phenolic OH excluding ortho intramolecular Hbond substituents is 3. The molecule has 0 spiro atoms. The van der Waals surface area contributed by atoms with Crippen LogP contribution in [0.4, 0.5) is 0 Å². The molecule has 540 valence electrons.